The zero-order chi connectivity index (χ0) is 29.2. The van der Waals surface area contributed by atoms with E-state index in [0.717, 1.165) is 0 Å². The Bertz CT molecular complexity index is 1630. The van der Waals surface area contributed by atoms with Gasteiger partial charge in [0.15, 0.2) is 0 Å². The number of ether oxygens (including phenoxy) is 1. The van der Waals surface area contributed by atoms with Gasteiger partial charge >= 0.3 is 7.82 Å². The molecule has 3 heterocycles. The van der Waals surface area contributed by atoms with Crippen LogP contribution < -0.4 is 9.64 Å². The van der Waals surface area contributed by atoms with Gasteiger partial charge in [0.1, 0.15) is 18.1 Å². The van der Waals surface area contributed by atoms with Crippen molar-refractivity contribution in [2.75, 3.05) is 19.1 Å². The zero-order valence-corrected chi connectivity index (χ0v) is 23.7. The summed E-state index contributed by atoms with van der Waals surface area (Å²) in [5.74, 6) is -0.427. The summed E-state index contributed by atoms with van der Waals surface area (Å²) in [5.41, 5.74) is 2.62. The molecule has 40 heavy (non-hydrogen) atoms. The van der Waals surface area contributed by atoms with Crippen molar-refractivity contribution in [2.45, 2.75) is 33.1 Å². The number of halogens is 1. The number of carbonyl (C=O) groups is 1. The van der Waals surface area contributed by atoms with Crippen molar-refractivity contribution in [3.8, 4) is 28.0 Å². The number of benzene rings is 1. The maximum absolute atomic E-state index is 14.1. The Morgan fingerprint density at radius 3 is 2.58 bits per heavy atom. The molecule has 0 aliphatic carbocycles. The number of amides is 1. The van der Waals surface area contributed by atoms with Gasteiger partial charge in [-0.05, 0) is 62.2 Å². The highest BCUT2D eigenvalue weighted by Crippen LogP contribution is 2.48. The number of phosphoric ester groups is 1. The Morgan fingerprint density at radius 2 is 1.93 bits per heavy atom. The Morgan fingerprint density at radius 1 is 1.18 bits per heavy atom. The zero-order valence-electron chi connectivity index (χ0n) is 22.8. The highest BCUT2D eigenvalue weighted by molar-refractivity contribution is 7.47. The van der Waals surface area contributed by atoms with Crippen molar-refractivity contribution >= 4 is 30.5 Å². The molecule has 12 heteroatoms. The van der Waals surface area contributed by atoms with Gasteiger partial charge < -0.3 is 19.1 Å². The lowest BCUT2D eigenvalue weighted by molar-refractivity contribution is -0.113. The fraction of sp³-hybridized carbons (Fsp3) is 0.250. The summed E-state index contributed by atoms with van der Waals surface area (Å²) in [7, 11) is -1.24. The molecule has 0 saturated carbocycles. The summed E-state index contributed by atoms with van der Waals surface area (Å²) in [4.78, 5) is 32.1. The van der Waals surface area contributed by atoms with E-state index in [1.807, 2.05) is 12.1 Å². The fourth-order valence-corrected chi connectivity index (χ4v) is 5.08. The highest BCUT2D eigenvalue weighted by atomic mass is 31.2. The van der Waals surface area contributed by atoms with Crippen molar-refractivity contribution in [2.24, 2.45) is 0 Å². The third-order valence-electron chi connectivity index (χ3n) is 5.85. The lowest BCUT2D eigenvalue weighted by atomic mass is 10.0. The van der Waals surface area contributed by atoms with Crippen LogP contribution in [0.25, 0.3) is 33.3 Å². The van der Waals surface area contributed by atoms with Crippen LogP contribution in [-0.2, 0) is 25.1 Å². The topological polar surface area (TPSA) is 116 Å². The first-order valence-electron chi connectivity index (χ1n) is 12.2. The van der Waals surface area contributed by atoms with Crippen molar-refractivity contribution < 1.29 is 32.4 Å². The minimum absolute atomic E-state index is 0.288. The third kappa shape index (κ3) is 6.63. The minimum atomic E-state index is -4.39. The standard InChI is InChI=1S/C28H30FN4O6P/c1-7-26(34)32(5)21-10-19(11-22(14-21)37-6)20-12-23-24(18-8-9-30-25(29)13-18)16-33(27(23)31-15-20)17-38-40(35,36)39-28(2,3)4/h7-16H,1,17H2,2-6H3,(H,35,36). The molecule has 0 spiro atoms. The van der Waals surface area contributed by atoms with E-state index in [1.54, 1.807) is 58.4 Å². The van der Waals surface area contributed by atoms with E-state index in [-0.39, 0.29) is 12.6 Å². The van der Waals surface area contributed by atoms with Crippen LogP contribution in [0.2, 0.25) is 0 Å². The molecule has 10 nitrogen and oxygen atoms in total. The summed E-state index contributed by atoms with van der Waals surface area (Å²) < 4.78 is 44.0. The molecule has 1 amide bonds. The van der Waals surface area contributed by atoms with Gasteiger partial charge in [-0.2, -0.15) is 4.39 Å². The number of carbonyl (C=O) groups excluding carboxylic acids is 1. The van der Waals surface area contributed by atoms with E-state index in [9.17, 15) is 18.6 Å². The Balaban J connectivity index is 1.83. The third-order valence-corrected chi connectivity index (χ3v) is 7.07. The Kier molecular flexibility index (Phi) is 8.23. The highest BCUT2D eigenvalue weighted by Gasteiger charge is 2.29. The number of methoxy groups -OCH3 is 1. The summed E-state index contributed by atoms with van der Waals surface area (Å²) in [6, 6.07) is 10.1. The number of likely N-dealkylation sites (N-methyl/N-ethyl adjacent to an activating group) is 1. The molecule has 0 bridgehead atoms. The molecular formula is C28H30FN4O6P. The number of hydrogen-bond acceptors (Lipinski definition) is 7. The number of anilines is 1. The van der Waals surface area contributed by atoms with Crippen LogP contribution in [0.5, 0.6) is 5.75 Å². The number of fused-ring (bicyclic) bond motifs is 1. The van der Waals surface area contributed by atoms with Crippen LogP contribution in [0.3, 0.4) is 0 Å². The molecule has 0 saturated heterocycles. The number of aromatic nitrogens is 3. The molecular weight excluding hydrogens is 538 g/mol. The van der Waals surface area contributed by atoms with E-state index in [1.165, 1.54) is 34.9 Å². The molecule has 1 aromatic carbocycles. The molecule has 0 fully saturated rings. The summed E-state index contributed by atoms with van der Waals surface area (Å²) in [6.07, 6.45) is 5.84. The maximum Gasteiger partial charge on any atom is 0.474 e. The largest absolute Gasteiger partial charge is 0.497 e. The van der Waals surface area contributed by atoms with E-state index in [4.69, 9.17) is 13.8 Å². The van der Waals surface area contributed by atoms with Gasteiger partial charge in [-0.15, -0.1) is 0 Å². The number of pyridine rings is 2. The van der Waals surface area contributed by atoms with E-state index in [2.05, 4.69) is 16.5 Å². The second-order valence-corrected chi connectivity index (χ2v) is 11.3. The molecule has 3 aromatic heterocycles. The SMILES string of the molecule is C=CC(=O)N(C)c1cc(OC)cc(-c2cnc3c(c2)c(-c2ccnc(F)c2)cn3COP(=O)(O)OC(C)(C)C)c1. The first-order valence-corrected chi connectivity index (χ1v) is 13.7. The minimum Gasteiger partial charge on any atom is -0.497 e. The average molecular weight is 569 g/mol. The van der Waals surface area contributed by atoms with Gasteiger partial charge in [0.05, 0.1) is 12.7 Å². The van der Waals surface area contributed by atoms with E-state index >= 15 is 0 Å². The van der Waals surface area contributed by atoms with Gasteiger partial charge in [-0.3, -0.25) is 13.8 Å². The molecule has 0 aliphatic heterocycles. The predicted molar refractivity (Wildman–Crippen MR) is 150 cm³/mol. The van der Waals surface area contributed by atoms with Gasteiger partial charge in [0, 0.05) is 60.0 Å². The quantitative estimate of drug-likeness (QED) is 0.150. The van der Waals surface area contributed by atoms with Gasteiger partial charge in [0.25, 0.3) is 0 Å². The molecule has 4 rings (SSSR count). The van der Waals surface area contributed by atoms with Crippen LogP contribution in [0.1, 0.15) is 20.8 Å². The Labute approximate surface area is 231 Å². The van der Waals surface area contributed by atoms with Crippen molar-refractivity contribution in [1.82, 2.24) is 14.5 Å². The van der Waals surface area contributed by atoms with Crippen LogP contribution in [0.4, 0.5) is 10.1 Å². The number of phosphoric acid groups is 1. The normalized spacial score (nSPS) is 13.2. The first-order chi connectivity index (χ1) is 18.8. The van der Waals surface area contributed by atoms with Crippen molar-refractivity contribution in [3.05, 3.63) is 73.6 Å². The average Bonchev–Trinajstić information content (AvgIpc) is 3.27. The van der Waals surface area contributed by atoms with Gasteiger partial charge in [-0.1, -0.05) is 6.58 Å². The summed E-state index contributed by atoms with van der Waals surface area (Å²) >= 11 is 0. The number of rotatable bonds is 9. The number of nitrogens with zero attached hydrogens (tertiary/aromatic N) is 4. The van der Waals surface area contributed by atoms with Crippen LogP contribution in [0, 0.1) is 5.95 Å². The van der Waals surface area contributed by atoms with Crippen LogP contribution in [-0.4, -0.2) is 45.1 Å². The molecule has 4 aromatic rings. The van der Waals surface area contributed by atoms with Crippen molar-refractivity contribution in [1.29, 1.82) is 0 Å². The second kappa shape index (κ2) is 11.3. The second-order valence-electron chi connectivity index (χ2n) is 9.93. The maximum atomic E-state index is 14.1. The molecule has 1 unspecified atom stereocenters. The van der Waals surface area contributed by atoms with Gasteiger partial charge in [-0.25, -0.2) is 14.5 Å². The molecule has 0 radical (unpaired) electrons. The molecule has 0 aliphatic rings. The smallest absolute Gasteiger partial charge is 0.474 e. The summed E-state index contributed by atoms with van der Waals surface area (Å²) in [5, 5.41) is 0.621. The van der Waals surface area contributed by atoms with Crippen LogP contribution in [0.15, 0.2) is 67.6 Å². The predicted octanol–water partition coefficient (Wildman–Crippen LogP) is 5.95. The Hall–Kier alpha value is -3.89. The monoisotopic (exact) mass is 568 g/mol. The number of hydrogen-bond donors (Lipinski definition) is 1. The van der Waals surface area contributed by atoms with Crippen LogP contribution >= 0.6 is 7.82 Å². The van der Waals surface area contributed by atoms with Crippen molar-refractivity contribution in [3.63, 3.8) is 0 Å². The lowest BCUT2D eigenvalue weighted by Gasteiger charge is -2.22. The first kappa shape index (κ1) is 29.1. The van der Waals surface area contributed by atoms with E-state index in [0.29, 0.717) is 44.7 Å². The van der Waals surface area contributed by atoms with Gasteiger partial charge in [0.2, 0.25) is 11.9 Å². The summed E-state index contributed by atoms with van der Waals surface area (Å²) in [6.45, 7) is 8.10. The fourth-order valence-electron chi connectivity index (χ4n) is 4.06. The molecule has 1 N–H and O–H groups in total. The molecule has 210 valence electrons. The molecule has 1 atom stereocenters. The van der Waals surface area contributed by atoms with E-state index < -0.39 is 19.4 Å². The lowest BCUT2D eigenvalue weighted by Crippen LogP contribution is -2.23.